The molecule has 1 N–H and O–H groups in total. The minimum atomic E-state index is -0.147. The first kappa shape index (κ1) is 11.0. The third-order valence-corrected chi connectivity index (χ3v) is 2.67. The van der Waals surface area contributed by atoms with Gasteiger partial charge in [0.2, 0.25) is 0 Å². The minimum Gasteiger partial charge on any atom is -0.393 e. The molecule has 1 atom stereocenters. The molecule has 0 aliphatic heterocycles. The van der Waals surface area contributed by atoms with Gasteiger partial charge in [-0.05, 0) is 39.0 Å². The van der Waals surface area contributed by atoms with Crippen molar-refractivity contribution in [3.63, 3.8) is 0 Å². The summed E-state index contributed by atoms with van der Waals surface area (Å²) in [6.45, 7) is 2.73. The first-order valence-electron chi connectivity index (χ1n) is 5.58. The number of hydrogen-bond acceptors (Lipinski definition) is 2. The Bertz CT molecular complexity index is 117. The highest BCUT2D eigenvalue weighted by Gasteiger charge is 2.14. The molecular weight excluding hydrogens is 164 g/mol. The van der Waals surface area contributed by atoms with Crippen molar-refractivity contribution < 1.29 is 9.84 Å². The van der Waals surface area contributed by atoms with Crippen LogP contribution in [0.5, 0.6) is 0 Å². The Morgan fingerprint density at radius 2 is 2.00 bits per heavy atom. The number of rotatable bonds is 6. The topological polar surface area (TPSA) is 29.5 Å². The van der Waals surface area contributed by atoms with E-state index in [0.29, 0.717) is 6.10 Å². The summed E-state index contributed by atoms with van der Waals surface area (Å²) in [6, 6.07) is 0. The zero-order valence-corrected chi connectivity index (χ0v) is 8.67. The highest BCUT2D eigenvalue weighted by Crippen LogP contribution is 2.21. The number of aliphatic hydroxyl groups is 1. The maximum atomic E-state index is 9.02. The molecule has 1 fully saturated rings. The summed E-state index contributed by atoms with van der Waals surface area (Å²) in [4.78, 5) is 0. The molecule has 1 aliphatic carbocycles. The lowest BCUT2D eigenvalue weighted by Gasteiger charge is -2.10. The van der Waals surface area contributed by atoms with Gasteiger partial charge in [0.1, 0.15) is 0 Å². The Morgan fingerprint density at radius 3 is 2.62 bits per heavy atom. The Morgan fingerprint density at radius 1 is 1.31 bits per heavy atom. The molecule has 1 saturated carbocycles. The van der Waals surface area contributed by atoms with Gasteiger partial charge in [-0.3, -0.25) is 0 Å². The average molecular weight is 186 g/mol. The Kier molecular flexibility index (Phi) is 5.40. The molecule has 0 spiro atoms. The van der Waals surface area contributed by atoms with Crippen molar-refractivity contribution in [1.82, 2.24) is 0 Å². The van der Waals surface area contributed by atoms with Gasteiger partial charge in [0.25, 0.3) is 0 Å². The molecule has 0 aromatic rings. The molecule has 13 heavy (non-hydrogen) atoms. The maximum Gasteiger partial charge on any atom is 0.0575 e. The molecule has 1 rings (SSSR count). The van der Waals surface area contributed by atoms with Crippen LogP contribution in [0.15, 0.2) is 0 Å². The number of aliphatic hydroxyl groups excluding tert-OH is 1. The van der Waals surface area contributed by atoms with Gasteiger partial charge in [0.15, 0.2) is 0 Å². The molecule has 2 nitrogen and oxygen atoms in total. The molecular formula is C11H22O2. The second kappa shape index (κ2) is 6.39. The van der Waals surface area contributed by atoms with E-state index in [0.717, 1.165) is 25.9 Å². The van der Waals surface area contributed by atoms with Crippen molar-refractivity contribution in [2.75, 3.05) is 6.61 Å². The first-order valence-corrected chi connectivity index (χ1v) is 5.58. The summed E-state index contributed by atoms with van der Waals surface area (Å²) in [5.74, 6) is 0. The Hall–Kier alpha value is -0.0800. The summed E-state index contributed by atoms with van der Waals surface area (Å²) in [7, 11) is 0. The number of unbranched alkanes of at least 4 members (excludes halogenated alkanes) is 1. The van der Waals surface area contributed by atoms with Gasteiger partial charge < -0.3 is 9.84 Å². The highest BCUT2D eigenvalue weighted by atomic mass is 16.5. The van der Waals surface area contributed by atoms with Crippen molar-refractivity contribution in [3.8, 4) is 0 Å². The zero-order valence-electron chi connectivity index (χ0n) is 8.67. The normalized spacial score (nSPS) is 20.8. The van der Waals surface area contributed by atoms with Gasteiger partial charge in [0, 0.05) is 6.61 Å². The predicted octanol–water partition coefficient (Wildman–Crippen LogP) is 2.50. The van der Waals surface area contributed by atoms with Crippen molar-refractivity contribution in [2.24, 2.45) is 0 Å². The molecule has 0 aromatic carbocycles. The van der Waals surface area contributed by atoms with Crippen LogP contribution in [0.2, 0.25) is 0 Å². The van der Waals surface area contributed by atoms with Crippen molar-refractivity contribution >= 4 is 0 Å². The van der Waals surface area contributed by atoms with Crippen molar-refractivity contribution in [1.29, 1.82) is 0 Å². The quantitative estimate of drug-likeness (QED) is 0.646. The summed E-state index contributed by atoms with van der Waals surface area (Å²) < 4.78 is 5.70. The van der Waals surface area contributed by atoms with Crippen molar-refractivity contribution in [2.45, 2.75) is 64.1 Å². The first-order chi connectivity index (χ1) is 6.29. The lowest BCUT2D eigenvalue weighted by Crippen LogP contribution is -2.09. The number of ether oxygens (including phenoxy) is 1. The van der Waals surface area contributed by atoms with Gasteiger partial charge in [-0.2, -0.15) is 0 Å². The standard InChI is InChI=1S/C11H22O2/c1-10(12)6-4-5-9-13-11-7-2-3-8-11/h10-12H,2-9H2,1H3. The van der Waals surface area contributed by atoms with E-state index in [-0.39, 0.29) is 6.10 Å². The average Bonchev–Trinajstić information content (AvgIpc) is 2.55. The number of hydrogen-bond donors (Lipinski definition) is 1. The monoisotopic (exact) mass is 186 g/mol. The third-order valence-electron chi connectivity index (χ3n) is 2.67. The molecule has 2 heteroatoms. The van der Waals surface area contributed by atoms with E-state index in [2.05, 4.69) is 0 Å². The van der Waals surface area contributed by atoms with Crippen LogP contribution in [-0.4, -0.2) is 23.9 Å². The van der Waals surface area contributed by atoms with Crippen molar-refractivity contribution in [3.05, 3.63) is 0 Å². The van der Waals surface area contributed by atoms with Gasteiger partial charge in [0.05, 0.1) is 12.2 Å². The van der Waals surface area contributed by atoms with E-state index < -0.39 is 0 Å². The van der Waals surface area contributed by atoms with Crippen LogP contribution < -0.4 is 0 Å². The fourth-order valence-corrected chi connectivity index (χ4v) is 1.85. The SMILES string of the molecule is CC(O)CCCCOC1CCCC1. The lowest BCUT2D eigenvalue weighted by molar-refractivity contribution is 0.0539. The summed E-state index contributed by atoms with van der Waals surface area (Å²) in [6.07, 6.45) is 8.71. The van der Waals surface area contributed by atoms with Crippen LogP contribution in [0.4, 0.5) is 0 Å². The Labute approximate surface area is 81.3 Å². The molecule has 0 radical (unpaired) electrons. The highest BCUT2D eigenvalue weighted by molar-refractivity contribution is 4.66. The zero-order chi connectivity index (χ0) is 9.52. The molecule has 78 valence electrons. The second-order valence-corrected chi connectivity index (χ2v) is 4.12. The van der Waals surface area contributed by atoms with Gasteiger partial charge >= 0.3 is 0 Å². The van der Waals surface area contributed by atoms with E-state index in [1.165, 1.54) is 25.7 Å². The summed E-state index contributed by atoms with van der Waals surface area (Å²) in [5.41, 5.74) is 0. The summed E-state index contributed by atoms with van der Waals surface area (Å²) in [5, 5.41) is 9.02. The van der Waals surface area contributed by atoms with E-state index in [9.17, 15) is 0 Å². The minimum absolute atomic E-state index is 0.147. The predicted molar refractivity (Wildman–Crippen MR) is 53.7 cm³/mol. The van der Waals surface area contributed by atoms with Gasteiger partial charge in [-0.1, -0.05) is 12.8 Å². The maximum absolute atomic E-state index is 9.02. The third kappa shape index (κ3) is 5.27. The fraction of sp³-hybridized carbons (Fsp3) is 1.00. The molecule has 0 bridgehead atoms. The van der Waals surface area contributed by atoms with E-state index >= 15 is 0 Å². The van der Waals surface area contributed by atoms with E-state index in [4.69, 9.17) is 9.84 Å². The second-order valence-electron chi connectivity index (χ2n) is 4.12. The van der Waals surface area contributed by atoms with E-state index in [1.807, 2.05) is 6.92 Å². The van der Waals surface area contributed by atoms with Crippen LogP contribution in [0.3, 0.4) is 0 Å². The molecule has 1 aliphatic rings. The van der Waals surface area contributed by atoms with Gasteiger partial charge in [-0.25, -0.2) is 0 Å². The van der Waals surface area contributed by atoms with Crippen LogP contribution in [0.1, 0.15) is 51.9 Å². The summed E-state index contributed by atoms with van der Waals surface area (Å²) >= 11 is 0. The molecule has 0 amide bonds. The Balaban J connectivity index is 1.83. The fourth-order valence-electron chi connectivity index (χ4n) is 1.85. The van der Waals surface area contributed by atoms with E-state index in [1.54, 1.807) is 0 Å². The van der Waals surface area contributed by atoms with Crippen LogP contribution >= 0.6 is 0 Å². The van der Waals surface area contributed by atoms with Crippen LogP contribution in [0, 0.1) is 0 Å². The lowest BCUT2D eigenvalue weighted by atomic mass is 10.2. The van der Waals surface area contributed by atoms with Crippen LogP contribution in [0.25, 0.3) is 0 Å². The van der Waals surface area contributed by atoms with Crippen LogP contribution in [-0.2, 0) is 4.74 Å². The molecule has 1 unspecified atom stereocenters. The van der Waals surface area contributed by atoms with Gasteiger partial charge in [-0.15, -0.1) is 0 Å². The molecule has 0 saturated heterocycles. The molecule has 0 heterocycles. The smallest absolute Gasteiger partial charge is 0.0575 e. The largest absolute Gasteiger partial charge is 0.393 e. The molecule has 0 aromatic heterocycles.